The molecule has 0 spiro atoms. The minimum absolute atomic E-state index is 0.594. The van der Waals surface area contributed by atoms with Crippen LogP contribution in [-0.4, -0.2) is 13.2 Å². The van der Waals surface area contributed by atoms with Crippen LogP contribution in [0.2, 0.25) is 5.02 Å². The van der Waals surface area contributed by atoms with Gasteiger partial charge in [0.2, 0.25) is 0 Å². The molecule has 0 aliphatic rings. The van der Waals surface area contributed by atoms with Gasteiger partial charge < -0.3 is 14.8 Å². The van der Waals surface area contributed by atoms with Gasteiger partial charge >= 0.3 is 0 Å². The number of halogens is 2. The Morgan fingerprint density at radius 2 is 1.91 bits per heavy atom. The van der Waals surface area contributed by atoms with Gasteiger partial charge in [0.05, 0.1) is 28.4 Å². The molecule has 2 aromatic rings. The first-order valence-electron chi connectivity index (χ1n) is 7.72. The summed E-state index contributed by atoms with van der Waals surface area (Å²) in [4.78, 5) is 0. The number of nitrogens with one attached hydrogen (secondary N) is 1. The number of hydrogen-bond donors (Lipinski definition) is 1. The smallest absolute Gasteiger partial charge is 0.175 e. The molecule has 1 N–H and O–H groups in total. The van der Waals surface area contributed by atoms with Crippen molar-refractivity contribution in [3.8, 4) is 11.5 Å². The monoisotopic (exact) mass is 397 g/mol. The fourth-order valence-corrected chi connectivity index (χ4v) is 2.94. The molecule has 0 amide bonds. The average molecular weight is 399 g/mol. The van der Waals surface area contributed by atoms with Crippen molar-refractivity contribution in [2.24, 2.45) is 0 Å². The summed E-state index contributed by atoms with van der Waals surface area (Å²) in [5.74, 6) is 1.52. The van der Waals surface area contributed by atoms with Crippen LogP contribution in [0.5, 0.6) is 11.5 Å². The first-order valence-corrected chi connectivity index (χ1v) is 8.89. The third-order valence-electron chi connectivity index (χ3n) is 3.18. The lowest BCUT2D eigenvalue weighted by Gasteiger charge is -2.16. The van der Waals surface area contributed by atoms with Crippen molar-refractivity contribution in [3.63, 3.8) is 0 Å². The van der Waals surface area contributed by atoms with E-state index in [2.05, 4.69) is 28.2 Å². The first-order chi connectivity index (χ1) is 11.2. The summed E-state index contributed by atoms with van der Waals surface area (Å²) >= 11 is 9.75. The Hall–Kier alpha value is -1.39. The first kappa shape index (κ1) is 18.0. The molecular formula is C18H21BrClNO2. The van der Waals surface area contributed by atoms with Crippen LogP contribution >= 0.6 is 27.5 Å². The van der Waals surface area contributed by atoms with E-state index in [1.54, 1.807) is 0 Å². The molecule has 0 atom stereocenters. The zero-order valence-corrected chi connectivity index (χ0v) is 15.7. The van der Waals surface area contributed by atoms with Gasteiger partial charge in [-0.25, -0.2) is 0 Å². The Kier molecular flexibility index (Phi) is 7.06. The number of anilines is 1. The van der Waals surface area contributed by atoms with Crippen LogP contribution in [-0.2, 0) is 6.54 Å². The molecule has 0 saturated heterocycles. The Morgan fingerprint density at radius 3 is 2.61 bits per heavy atom. The Bertz CT molecular complexity index is 649. The molecule has 0 bridgehead atoms. The van der Waals surface area contributed by atoms with Gasteiger partial charge in [-0.2, -0.15) is 0 Å². The standard InChI is InChI=1S/C18H21BrClNO2/c1-3-9-23-18-14(19)10-13(11-17(18)22-4-2)12-21-16-8-6-5-7-15(16)20/h5-8,10-11,21H,3-4,9,12H2,1-2H3. The van der Waals surface area contributed by atoms with Gasteiger partial charge in [-0.05, 0) is 59.1 Å². The van der Waals surface area contributed by atoms with Crippen LogP contribution in [0.4, 0.5) is 5.69 Å². The summed E-state index contributed by atoms with van der Waals surface area (Å²) in [6, 6.07) is 11.7. The lowest BCUT2D eigenvalue weighted by atomic mass is 10.2. The molecule has 23 heavy (non-hydrogen) atoms. The van der Waals surface area contributed by atoms with E-state index in [4.69, 9.17) is 21.1 Å². The molecular weight excluding hydrogens is 378 g/mol. The summed E-state index contributed by atoms with van der Waals surface area (Å²) in [5.41, 5.74) is 2.00. The van der Waals surface area contributed by atoms with Gasteiger partial charge in [-0.3, -0.25) is 0 Å². The fourth-order valence-electron chi connectivity index (χ4n) is 2.13. The maximum atomic E-state index is 6.17. The van der Waals surface area contributed by atoms with E-state index in [-0.39, 0.29) is 0 Å². The van der Waals surface area contributed by atoms with E-state index >= 15 is 0 Å². The molecule has 5 heteroatoms. The van der Waals surface area contributed by atoms with Crippen LogP contribution in [0.3, 0.4) is 0 Å². The second kappa shape index (κ2) is 9.04. The van der Waals surface area contributed by atoms with Crippen molar-refractivity contribution in [3.05, 3.63) is 51.5 Å². The summed E-state index contributed by atoms with van der Waals surface area (Å²) in [6.45, 7) is 5.95. The summed E-state index contributed by atoms with van der Waals surface area (Å²) < 4.78 is 12.4. The highest BCUT2D eigenvalue weighted by atomic mass is 79.9. The summed E-state index contributed by atoms with van der Waals surface area (Å²) in [5, 5.41) is 4.05. The van der Waals surface area contributed by atoms with Gasteiger partial charge in [0.1, 0.15) is 0 Å². The number of rotatable bonds is 8. The van der Waals surface area contributed by atoms with Crippen LogP contribution in [0.15, 0.2) is 40.9 Å². The van der Waals surface area contributed by atoms with Crippen molar-refractivity contribution in [2.75, 3.05) is 18.5 Å². The number of para-hydroxylation sites is 1. The normalized spacial score (nSPS) is 10.4. The van der Waals surface area contributed by atoms with Gasteiger partial charge in [-0.15, -0.1) is 0 Å². The molecule has 0 aliphatic carbocycles. The molecule has 2 aromatic carbocycles. The fraction of sp³-hybridized carbons (Fsp3) is 0.333. The quantitative estimate of drug-likeness (QED) is 0.600. The highest BCUT2D eigenvalue weighted by molar-refractivity contribution is 9.10. The Morgan fingerprint density at radius 1 is 1.13 bits per heavy atom. The van der Waals surface area contributed by atoms with Crippen LogP contribution in [0, 0.1) is 0 Å². The predicted octanol–water partition coefficient (Wildman–Crippen LogP) is 5.90. The average Bonchev–Trinajstić information content (AvgIpc) is 2.54. The maximum Gasteiger partial charge on any atom is 0.175 e. The van der Waals surface area contributed by atoms with Crippen LogP contribution in [0.25, 0.3) is 0 Å². The lowest BCUT2D eigenvalue weighted by molar-refractivity contribution is 0.275. The zero-order valence-electron chi connectivity index (χ0n) is 13.4. The Labute approximate surface area is 151 Å². The largest absolute Gasteiger partial charge is 0.490 e. The van der Waals surface area contributed by atoms with E-state index < -0.39 is 0 Å². The van der Waals surface area contributed by atoms with Crippen molar-refractivity contribution in [1.82, 2.24) is 0 Å². The third-order valence-corrected chi connectivity index (χ3v) is 4.10. The molecule has 0 fully saturated rings. The number of hydrogen-bond acceptors (Lipinski definition) is 3. The molecule has 0 heterocycles. The molecule has 3 nitrogen and oxygen atoms in total. The minimum atomic E-state index is 0.594. The molecule has 0 radical (unpaired) electrons. The number of benzene rings is 2. The molecule has 124 valence electrons. The van der Waals surface area contributed by atoms with Crippen molar-refractivity contribution < 1.29 is 9.47 Å². The molecule has 0 unspecified atom stereocenters. The van der Waals surface area contributed by atoms with Gasteiger partial charge in [-0.1, -0.05) is 30.7 Å². The summed E-state index contributed by atoms with van der Waals surface area (Å²) in [6.07, 6.45) is 0.952. The molecule has 0 saturated carbocycles. The zero-order chi connectivity index (χ0) is 16.7. The highest BCUT2D eigenvalue weighted by Gasteiger charge is 2.12. The molecule has 0 aromatic heterocycles. The van der Waals surface area contributed by atoms with Crippen molar-refractivity contribution >= 4 is 33.2 Å². The number of ether oxygens (including phenoxy) is 2. The van der Waals surface area contributed by atoms with E-state index in [1.165, 1.54) is 0 Å². The van der Waals surface area contributed by atoms with Crippen LogP contribution in [0.1, 0.15) is 25.8 Å². The lowest BCUT2D eigenvalue weighted by Crippen LogP contribution is -2.04. The van der Waals surface area contributed by atoms with E-state index in [9.17, 15) is 0 Å². The maximum absolute atomic E-state index is 6.17. The second-order valence-corrected chi connectivity index (χ2v) is 6.28. The van der Waals surface area contributed by atoms with E-state index in [1.807, 2.05) is 43.3 Å². The molecule has 0 aliphatic heterocycles. The summed E-state index contributed by atoms with van der Waals surface area (Å²) in [7, 11) is 0. The van der Waals surface area contributed by atoms with Crippen molar-refractivity contribution in [2.45, 2.75) is 26.8 Å². The van der Waals surface area contributed by atoms with Gasteiger partial charge in [0, 0.05) is 6.54 Å². The van der Waals surface area contributed by atoms with Crippen LogP contribution < -0.4 is 14.8 Å². The molecule has 2 rings (SSSR count). The Balaban J connectivity index is 2.17. The SMILES string of the molecule is CCCOc1c(Br)cc(CNc2ccccc2Cl)cc1OCC. The minimum Gasteiger partial charge on any atom is -0.490 e. The third kappa shape index (κ3) is 5.05. The van der Waals surface area contributed by atoms with Gasteiger partial charge in [0.15, 0.2) is 11.5 Å². The topological polar surface area (TPSA) is 30.5 Å². The van der Waals surface area contributed by atoms with Crippen molar-refractivity contribution in [1.29, 1.82) is 0 Å². The predicted molar refractivity (Wildman–Crippen MR) is 99.9 cm³/mol. The second-order valence-electron chi connectivity index (χ2n) is 5.02. The van der Waals surface area contributed by atoms with E-state index in [0.717, 1.165) is 33.6 Å². The van der Waals surface area contributed by atoms with Gasteiger partial charge in [0.25, 0.3) is 0 Å². The highest BCUT2D eigenvalue weighted by Crippen LogP contribution is 2.37. The van der Waals surface area contributed by atoms with E-state index in [0.29, 0.717) is 24.8 Å².